The van der Waals surface area contributed by atoms with Crippen molar-refractivity contribution in [3.8, 4) is 0 Å². The molecule has 2 rings (SSSR count). The summed E-state index contributed by atoms with van der Waals surface area (Å²) in [6.07, 6.45) is 5.66. The molecular weight excluding hydrogens is 244 g/mol. The molecule has 1 saturated carbocycles. The summed E-state index contributed by atoms with van der Waals surface area (Å²) in [6.45, 7) is 3.61. The zero-order chi connectivity index (χ0) is 14.0. The van der Waals surface area contributed by atoms with Gasteiger partial charge < -0.3 is 15.7 Å². The summed E-state index contributed by atoms with van der Waals surface area (Å²) in [5.41, 5.74) is 0. The Morgan fingerprint density at radius 2 is 1.95 bits per heavy atom. The van der Waals surface area contributed by atoms with Gasteiger partial charge in [0.15, 0.2) is 0 Å². The van der Waals surface area contributed by atoms with Crippen LogP contribution in [-0.2, 0) is 9.59 Å². The first-order valence-corrected chi connectivity index (χ1v) is 7.28. The molecule has 3 unspecified atom stereocenters. The fraction of sp³-hybridized carbons (Fsp3) is 0.857. The van der Waals surface area contributed by atoms with Crippen LogP contribution in [0.15, 0.2) is 0 Å². The molecule has 2 aliphatic rings. The lowest BCUT2D eigenvalue weighted by atomic mass is 9.85. The SMILES string of the molecule is CC(C)[C@H](NC(=O)C1CC2CCCCC2N1)C(=O)O. The zero-order valence-electron chi connectivity index (χ0n) is 11.7. The van der Waals surface area contributed by atoms with E-state index in [-0.39, 0.29) is 17.9 Å². The Bertz CT molecular complexity index is 343. The highest BCUT2D eigenvalue weighted by Crippen LogP contribution is 2.33. The summed E-state index contributed by atoms with van der Waals surface area (Å²) in [6, 6.07) is -0.558. The van der Waals surface area contributed by atoms with Crippen molar-refractivity contribution in [1.82, 2.24) is 10.6 Å². The van der Waals surface area contributed by atoms with Gasteiger partial charge in [0, 0.05) is 6.04 Å². The van der Waals surface area contributed by atoms with Crippen LogP contribution in [0.25, 0.3) is 0 Å². The minimum absolute atomic E-state index is 0.106. The molecule has 1 aliphatic heterocycles. The maximum Gasteiger partial charge on any atom is 0.326 e. The van der Waals surface area contributed by atoms with Gasteiger partial charge in [-0.1, -0.05) is 26.7 Å². The van der Waals surface area contributed by atoms with E-state index >= 15 is 0 Å². The second-order valence-corrected chi connectivity index (χ2v) is 6.17. The number of hydrogen-bond donors (Lipinski definition) is 3. The maximum absolute atomic E-state index is 12.2. The van der Waals surface area contributed by atoms with Gasteiger partial charge in [0.05, 0.1) is 6.04 Å². The molecule has 0 spiro atoms. The Balaban J connectivity index is 1.91. The van der Waals surface area contributed by atoms with Crippen molar-refractivity contribution in [3.05, 3.63) is 0 Å². The van der Waals surface area contributed by atoms with E-state index < -0.39 is 12.0 Å². The van der Waals surface area contributed by atoms with E-state index in [0.717, 1.165) is 12.8 Å². The second-order valence-electron chi connectivity index (χ2n) is 6.17. The smallest absolute Gasteiger partial charge is 0.326 e. The van der Waals surface area contributed by atoms with Gasteiger partial charge in [0.1, 0.15) is 6.04 Å². The third-order valence-electron chi connectivity index (χ3n) is 4.41. The normalized spacial score (nSPS) is 31.8. The van der Waals surface area contributed by atoms with Crippen LogP contribution in [0.4, 0.5) is 0 Å². The Morgan fingerprint density at radius 1 is 1.26 bits per heavy atom. The highest BCUT2D eigenvalue weighted by molar-refractivity contribution is 5.87. The summed E-state index contributed by atoms with van der Waals surface area (Å²) in [4.78, 5) is 23.3. The van der Waals surface area contributed by atoms with Gasteiger partial charge in [-0.3, -0.25) is 4.79 Å². The largest absolute Gasteiger partial charge is 0.480 e. The highest BCUT2D eigenvalue weighted by atomic mass is 16.4. The summed E-state index contributed by atoms with van der Waals surface area (Å²) in [5.74, 6) is -0.633. The number of carbonyl (C=O) groups is 2. The van der Waals surface area contributed by atoms with Crippen molar-refractivity contribution < 1.29 is 14.7 Å². The van der Waals surface area contributed by atoms with Crippen LogP contribution in [-0.4, -0.2) is 35.1 Å². The first-order valence-electron chi connectivity index (χ1n) is 7.28. The molecule has 5 heteroatoms. The molecule has 0 radical (unpaired) electrons. The zero-order valence-corrected chi connectivity index (χ0v) is 11.7. The van der Waals surface area contributed by atoms with Gasteiger partial charge in [-0.05, 0) is 31.1 Å². The lowest BCUT2D eigenvalue weighted by Crippen LogP contribution is -2.51. The lowest BCUT2D eigenvalue weighted by Gasteiger charge is -2.24. The molecule has 3 N–H and O–H groups in total. The molecule has 0 aromatic rings. The maximum atomic E-state index is 12.2. The van der Waals surface area contributed by atoms with E-state index in [1.54, 1.807) is 13.8 Å². The third kappa shape index (κ3) is 3.26. The molecule has 4 atom stereocenters. The first kappa shape index (κ1) is 14.3. The molecule has 5 nitrogen and oxygen atoms in total. The quantitative estimate of drug-likeness (QED) is 0.714. The van der Waals surface area contributed by atoms with E-state index in [9.17, 15) is 9.59 Å². The molecular formula is C14H24N2O3. The predicted octanol–water partition coefficient (Wildman–Crippen LogP) is 1.13. The van der Waals surface area contributed by atoms with Crippen molar-refractivity contribution in [1.29, 1.82) is 0 Å². The Labute approximate surface area is 114 Å². The molecule has 0 aromatic heterocycles. The third-order valence-corrected chi connectivity index (χ3v) is 4.41. The molecule has 0 aromatic carbocycles. The van der Waals surface area contributed by atoms with E-state index in [1.807, 2.05) is 0 Å². The summed E-state index contributed by atoms with van der Waals surface area (Å²) >= 11 is 0. The van der Waals surface area contributed by atoms with Crippen LogP contribution in [0.2, 0.25) is 0 Å². The predicted molar refractivity (Wildman–Crippen MR) is 71.7 cm³/mol. The number of carboxylic acid groups (broad SMARTS) is 1. The summed E-state index contributed by atoms with van der Waals surface area (Å²) < 4.78 is 0. The number of hydrogen-bond acceptors (Lipinski definition) is 3. The number of rotatable bonds is 4. The van der Waals surface area contributed by atoms with Crippen LogP contribution in [0.1, 0.15) is 46.0 Å². The van der Waals surface area contributed by atoms with Gasteiger partial charge in [-0.2, -0.15) is 0 Å². The topological polar surface area (TPSA) is 78.4 Å². The van der Waals surface area contributed by atoms with Crippen LogP contribution >= 0.6 is 0 Å². The lowest BCUT2D eigenvalue weighted by molar-refractivity contribution is -0.143. The van der Waals surface area contributed by atoms with Crippen molar-refractivity contribution >= 4 is 11.9 Å². The monoisotopic (exact) mass is 268 g/mol. The van der Waals surface area contributed by atoms with Crippen molar-refractivity contribution in [2.75, 3.05) is 0 Å². The molecule has 0 bridgehead atoms. The van der Waals surface area contributed by atoms with E-state index in [1.165, 1.54) is 19.3 Å². The Hall–Kier alpha value is -1.10. The summed E-state index contributed by atoms with van der Waals surface area (Å²) in [5, 5.41) is 15.1. The minimum atomic E-state index is -0.959. The van der Waals surface area contributed by atoms with E-state index in [0.29, 0.717) is 12.0 Å². The number of carbonyl (C=O) groups excluding carboxylic acids is 1. The van der Waals surface area contributed by atoms with Crippen molar-refractivity contribution in [3.63, 3.8) is 0 Å². The standard InChI is InChI=1S/C14H24N2O3/c1-8(2)12(14(18)19)16-13(17)11-7-9-5-3-4-6-10(9)15-11/h8-12,15H,3-7H2,1-2H3,(H,16,17)(H,18,19)/t9?,10?,11?,12-/m0/s1. The van der Waals surface area contributed by atoms with Gasteiger partial charge in [0.25, 0.3) is 0 Å². The number of amides is 1. The molecule has 1 saturated heterocycles. The van der Waals surface area contributed by atoms with Crippen molar-refractivity contribution in [2.45, 2.75) is 64.1 Å². The average Bonchev–Trinajstić information content (AvgIpc) is 2.78. The molecule has 108 valence electrons. The van der Waals surface area contributed by atoms with E-state index in [2.05, 4.69) is 10.6 Å². The highest BCUT2D eigenvalue weighted by Gasteiger charge is 2.39. The second kappa shape index (κ2) is 5.90. The number of nitrogens with one attached hydrogen (secondary N) is 2. The van der Waals surface area contributed by atoms with E-state index in [4.69, 9.17) is 5.11 Å². The molecule has 1 aliphatic carbocycles. The molecule has 1 heterocycles. The van der Waals surface area contributed by atoms with Crippen LogP contribution in [0, 0.1) is 11.8 Å². The molecule has 2 fully saturated rings. The molecule has 1 amide bonds. The van der Waals surface area contributed by atoms with Gasteiger partial charge >= 0.3 is 5.97 Å². The number of carboxylic acids is 1. The Kier molecular flexibility index (Phi) is 4.45. The Morgan fingerprint density at radius 3 is 2.53 bits per heavy atom. The van der Waals surface area contributed by atoms with Gasteiger partial charge in [-0.15, -0.1) is 0 Å². The van der Waals surface area contributed by atoms with Crippen LogP contribution in [0.5, 0.6) is 0 Å². The fourth-order valence-electron chi connectivity index (χ4n) is 3.29. The minimum Gasteiger partial charge on any atom is -0.480 e. The van der Waals surface area contributed by atoms with Gasteiger partial charge in [-0.25, -0.2) is 4.79 Å². The van der Waals surface area contributed by atoms with Crippen LogP contribution in [0.3, 0.4) is 0 Å². The molecule has 19 heavy (non-hydrogen) atoms. The first-order chi connectivity index (χ1) is 8.99. The summed E-state index contributed by atoms with van der Waals surface area (Å²) in [7, 11) is 0. The number of aliphatic carboxylic acids is 1. The van der Waals surface area contributed by atoms with Crippen LogP contribution < -0.4 is 10.6 Å². The fourth-order valence-corrected chi connectivity index (χ4v) is 3.29. The number of fused-ring (bicyclic) bond motifs is 1. The van der Waals surface area contributed by atoms with Gasteiger partial charge in [0.2, 0.25) is 5.91 Å². The van der Waals surface area contributed by atoms with Crippen molar-refractivity contribution in [2.24, 2.45) is 11.8 Å². The average molecular weight is 268 g/mol.